The lowest BCUT2D eigenvalue weighted by Crippen LogP contribution is -2.48. The molecule has 3 heteroatoms. The van der Waals surface area contributed by atoms with Crippen molar-refractivity contribution in [1.82, 2.24) is 0 Å². The summed E-state index contributed by atoms with van der Waals surface area (Å²) in [6, 6.07) is 0.322. The largest absolute Gasteiger partial charge is 0.460 e. The van der Waals surface area contributed by atoms with Gasteiger partial charge >= 0.3 is 5.97 Å². The van der Waals surface area contributed by atoms with Crippen molar-refractivity contribution in [3.63, 3.8) is 0 Å². The van der Waals surface area contributed by atoms with Crippen molar-refractivity contribution in [3.05, 3.63) is 0 Å². The fraction of sp³-hybridized carbons (Fsp3) is 0.929. The van der Waals surface area contributed by atoms with Crippen molar-refractivity contribution >= 4 is 5.97 Å². The molecule has 98 valence electrons. The lowest BCUT2D eigenvalue weighted by molar-refractivity contribution is -0.163. The summed E-state index contributed by atoms with van der Waals surface area (Å²) in [6.45, 7) is 5.79. The van der Waals surface area contributed by atoms with Crippen LogP contribution in [0.3, 0.4) is 0 Å². The van der Waals surface area contributed by atoms with E-state index in [9.17, 15) is 4.79 Å². The lowest BCUT2D eigenvalue weighted by Gasteiger charge is -2.43. The fourth-order valence-electron chi connectivity index (χ4n) is 3.37. The van der Waals surface area contributed by atoms with Crippen LogP contribution in [0.15, 0.2) is 0 Å². The van der Waals surface area contributed by atoms with E-state index in [4.69, 9.17) is 10.5 Å². The van der Waals surface area contributed by atoms with E-state index in [0.717, 1.165) is 12.8 Å². The summed E-state index contributed by atoms with van der Waals surface area (Å²) in [7, 11) is 0. The van der Waals surface area contributed by atoms with E-state index in [1.807, 2.05) is 20.8 Å². The Morgan fingerprint density at radius 2 is 1.71 bits per heavy atom. The molecule has 0 saturated heterocycles. The molecule has 2 unspecified atom stereocenters. The summed E-state index contributed by atoms with van der Waals surface area (Å²) >= 11 is 0. The smallest absolute Gasteiger partial charge is 0.309 e. The average Bonchev–Trinajstić information content (AvgIpc) is 2.13. The fourth-order valence-corrected chi connectivity index (χ4v) is 3.37. The van der Waals surface area contributed by atoms with Crippen molar-refractivity contribution in [2.45, 2.75) is 64.5 Å². The molecule has 2 aliphatic rings. The maximum Gasteiger partial charge on any atom is 0.309 e. The molecule has 2 bridgehead atoms. The van der Waals surface area contributed by atoms with Crippen LogP contribution < -0.4 is 5.73 Å². The van der Waals surface area contributed by atoms with Crippen LogP contribution in [-0.4, -0.2) is 17.6 Å². The van der Waals surface area contributed by atoms with Gasteiger partial charge in [0.2, 0.25) is 0 Å². The normalized spacial score (nSPS) is 37.6. The molecule has 0 heterocycles. The molecular weight excluding hydrogens is 214 g/mol. The quantitative estimate of drug-likeness (QED) is 0.715. The molecule has 2 saturated carbocycles. The number of nitrogens with two attached hydrogens (primary N) is 1. The first-order valence-electron chi connectivity index (χ1n) is 6.85. The number of hydrogen-bond acceptors (Lipinski definition) is 3. The zero-order chi connectivity index (χ0) is 12.6. The van der Waals surface area contributed by atoms with E-state index in [0.29, 0.717) is 17.9 Å². The zero-order valence-corrected chi connectivity index (χ0v) is 11.2. The van der Waals surface area contributed by atoms with Gasteiger partial charge in [-0.25, -0.2) is 0 Å². The number of carbonyl (C=O) groups excluding carboxylic acids is 1. The molecular formula is C14H25NO2. The van der Waals surface area contributed by atoms with Crippen LogP contribution in [0.4, 0.5) is 0 Å². The van der Waals surface area contributed by atoms with Gasteiger partial charge in [0.1, 0.15) is 5.60 Å². The van der Waals surface area contributed by atoms with Crippen LogP contribution in [0.5, 0.6) is 0 Å². The minimum atomic E-state index is -0.369. The van der Waals surface area contributed by atoms with Crippen molar-refractivity contribution < 1.29 is 9.53 Å². The molecule has 0 radical (unpaired) electrons. The van der Waals surface area contributed by atoms with Gasteiger partial charge in [-0.2, -0.15) is 0 Å². The van der Waals surface area contributed by atoms with Gasteiger partial charge in [-0.1, -0.05) is 6.42 Å². The molecule has 2 aliphatic carbocycles. The Hall–Kier alpha value is -0.570. The SMILES string of the molecule is CC(C)(C)OC(=O)C1CC2CCCC(C1)C2N. The molecule has 0 aliphatic heterocycles. The van der Waals surface area contributed by atoms with Crippen molar-refractivity contribution in [2.75, 3.05) is 0 Å². The third-order valence-corrected chi connectivity index (χ3v) is 4.15. The van der Waals surface area contributed by atoms with E-state index in [1.54, 1.807) is 0 Å². The number of ether oxygens (including phenoxy) is 1. The summed E-state index contributed by atoms with van der Waals surface area (Å²) in [6.07, 6.45) is 5.54. The van der Waals surface area contributed by atoms with Gasteiger partial charge in [0.05, 0.1) is 5.92 Å². The van der Waals surface area contributed by atoms with Crippen molar-refractivity contribution in [2.24, 2.45) is 23.5 Å². The summed E-state index contributed by atoms with van der Waals surface area (Å²) in [5.74, 6) is 1.16. The highest BCUT2D eigenvalue weighted by molar-refractivity contribution is 5.73. The Bertz CT molecular complexity index is 281. The van der Waals surface area contributed by atoms with E-state index in [1.165, 1.54) is 19.3 Å². The Morgan fingerprint density at radius 1 is 1.18 bits per heavy atom. The molecule has 0 aromatic rings. The summed E-state index contributed by atoms with van der Waals surface area (Å²) in [5, 5.41) is 0. The monoisotopic (exact) mass is 239 g/mol. The van der Waals surface area contributed by atoms with Crippen molar-refractivity contribution in [1.29, 1.82) is 0 Å². The summed E-state index contributed by atoms with van der Waals surface area (Å²) < 4.78 is 5.50. The number of fused-ring (bicyclic) bond motifs is 2. The van der Waals surface area contributed by atoms with Gasteiger partial charge in [0, 0.05) is 6.04 Å². The number of hydrogen-bond donors (Lipinski definition) is 1. The minimum absolute atomic E-state index is 0.0127. The molecule has 17 heavy (non-hydrogen) atoms. The van der Waals surface area contributed by atoms with Gasteiger partial charge in [0.15, 0.2) is 0 Å². The predicted molar refractivity (Wildman–Crippen MR) is 67.4 cm³/mol. The highest BCUT2D eigenvalue weighted by Crippen LogP contribution is 2.42. The second kappa shape index (κ2) is 4.60. The number of rotatable bonds is 1. The summed E-state index contributed by atoms with van der Waals surface area (Å²) in [4.78, 5) is 12.1. The molecule has 0 aromatic heterocycles. The highest BCUT2D eigenvalue weighted by atomic mass is 16.6. The van der Waals surface area contributed by atoms with Gasteiger partial charge in [-0.3, -0.25) is 4.79 Å². The molecule has 3 nitrogen and oxygen atoms in total. The first-order valence-corrected chi connectivity index (χ1v) is 6.85. The Balaban J connectivity index is 1.97. The molecule has 0 amide bonds. The van der Waals surface area contributed by atoms with Crippen molar-refractivity contribution in [3.8, 4) is 0 Å². The van der Waals surface area contributed by atoms with Gasteiger partial charge in [-0.05, 0) is 58.3 Å². The molecule has 2 N–H and O–H groups in total. The van der Waals surface area contributed by atoms with E-state index < -0.39 is 0 Å². The Labute approximate surface area is 104 Å². The third kappa shape index (κ3) is 3.01. The number of esters is 1. The van der Waals surface area contributed by atoms with Crippen LogP contribution in [0.2, 0.25) is 0 Å². The first kappa shape index (κ1) is 12.9. The predicted octanol–water partition coefficient (Wildman–Crippen LogP) is 2.48. The van der Waals surface area contributed by atoms with Crippen LogP contribution in [-0.2, 0) is 9.53 Å². The molecule has 0 aromatic carbocycles. The van der Waals surface area contributed by atoms with E-state index >= 15 is 0 Å². The first-order chi connectivity index (χ1) is 7.87. The van der Waals surface area contributed by atoms with E-state index in [2.05, 4.69) is 0 Å². The van der Waals surface area contributed by atoms with E-state index in [-0.39, 0.29) is 17.5 Å². The lowest BCUT2D eigenvalue weighted by atomic mass is 9.65. The maximum absolute atomic E-state index is 12.1. The molecule has 2 fully saturated rings. The van der Waals surface area contributed by atoms with Crippen LogP contribution in [0, 0.1) is 17.8 Å². The second-order valence-electron chi connectivity index (χ2n) is 6.73. The number of carbonyl (C=O) groups is 1. The molecule has 2 rings (SSSR count). The van der Waals surface area contributed by atoms with Gasteiger partial charge in [0.25, 0.3) is 0 Å². The highest BCUT2D eigenvalue weighted by Gasteiger charge is 2.41. The van der Waals surface area contributed by atoms with Gasteiger partial charge in [-0.15, -0.1) is 0 Å². The third-order valence-electron chi connectivity index (χ3n) is 4.15. The van der Waals surface area contributed by atoms with Crippen LogP contribution in [0.1, 0.15) is 52.9 Å². The minimum Gasteiger partial charge on any atom is -0.460 e. The van der Waals surface area contributed by atoms with Gasteiger partial charge < -0.3 is 10.5 Å². The Morgan fingerprint density at radius 3 is 2.18 bits per heavy atom. The second-order valence-corrected chi connectivity index (χ2v) is 6.73. The average molecular weight is 239 g/mol. The Kier molecular flexibility index (Phi) is 3.48. The zero-order valence-electron chi connectivity index (χ0n) is 11.2. The van der Waals surface area contributed by atoms with Crippen LogP contribution >= 0.6 is 0 Å². The van der Waals surface area contributed by atoms with Crippen LogP contribution in [0.25, 0.3) is 0 Å². The molecule has 0 spiro atoms. The standard InChI is InChI=1S/C14H25NO2/c1-14(2,3)17-13(16)11-7-9-5-4-6-10(8-11)12(9)15/h9-12H,4-8,15H2,1-3H3. The molecule has 2 atom stereocenters. The maximum atomic E-state index is 12.1. The summed E-state index contributed by atoms with van der Waals surface area (Å²) in [5.41, 5.74) is 5.85. The topological polar surface area (TPSA) is 52.3 Å².